The number of carbonyl (C=O) groups excluding carboxylic acids is 1. The lowest BCUT2D eigenvalue weighted by molar-refractivity contribution is -0.118. The van der Waals surface area contributed by atoms with E-state index in [2.05, 4.69) is 20.0 Å². The molecule has 8 nitrogen and oxygen atoms in total. The number of primary amides is 1. The Morgan fingerprint density at radius 1 is 1.37 bits per heavy atom. The van der Waals surface area contributed by atoms with E-state index in [4.69, 9.17) is 5.73 Å². The Morgan fingerprint density at radius 3 is 2.53 bits per heavy atom. The number of rotatable bonds is 8. The smallest absolute Gasteiger partial charge is 0.243 e. The molecule has 0 aliphatic rings. The highest BCUT2D eigenvalue weighted by Crippen LogP contribution is 2.07. The number of nitrogens with one attached hydrogen (secondary N) is 2. The fraction of sp³-hybridized carbons (Fsp3) is 0.500. The van der Waals surface area contributed by atoms with Gasteiger partial charge in [-0.25, -0.2) is 23.1 Å². The van der Waals surface area contributed by atoms with E-state index < -0.39 is 15.9 Å². The van der Waals surface area contributed by atoms with E-state index in [9.17, 15) is 13.2 Å². The molecule has 0 aliphatic carbocycles. The minimum atomic E-state index is -3.64. The van der Waals surface area contributed by atoms with Gasteiger partial charge in [-0.15, -0.1) is 0 Å². The summed E-state index contributed by atoms with van der Waals surface area (Å²) in [6.45, 7) is 2.67. The quantitative estimate of drug-likeness (QED) is 0.551. The van der Waals surface area contributed by atoms with Gasteiger partial charge in [-0.3, -0.25) is 4.79 Å². The van der Waals surface area contributed by atoms with Gasteiger partial charge in [0.1, 0.15) is 4.90 Å². The summed E-state index contributed by atoms with van der Waals surface area (Å²) in [6.07, 6.45) is 2.94. The molecule has 1 aromatic rings. The highest BCUT2D eigenvalue weighted by molar-refractivity contribution is 7.89. The van der Waals surface area contributed by atoms with E-state index in [1.54, 1.807) is 0 Å². The first-order valence-corrected chi connectivity index (χ1v) is 7.28. The fourth-order valence-electron chi connectivity index (χ4n) is 1.26. The van der Waals surface area contributed by atoms with Crippen LogP contribution in [0.2, 0.25) is 0 Å². The number of carbonyl (C=O) groups is 1. The van der Waals surface area contributed by atoms with Gasteiger partial charge in [-0.05, 0) is 13.3 Å². The average Bonchev–Trinajstić information content (AvgIpc) is 2.36. The van der Waals surface area contributed by atoms with Crippen LogP contribution < -0.4 is 15.8 Å². The second-order valence-electron chi connectivity index (χ2n) is 3.74. The Balaban J connectivity index is 2.59. The third kappa shape index (κ3) is 5.18. The highest BCUT2D eigenvalue weighted by atomic mass is 32.2. The van der Waals surface area contributed by atoms with E-state index in [1.807, 2.05) is 6.92 Å². The maximum Gasteiger partial charge on any atom is 0.243 e. The monoisotopic (exact) mass is 287 g/mol. The molecule has 0 atom stereocenters. The van der Waals surface area contributed by atoms with Crippen LogP contribution in [0.4, 0.5) is 5.95 Å². The van der Waals surface area contributed by atoms with Crippen molar-refractivity contribution in [3.05, 3.63) is 12.4 Å². The zero-order chi connectivity index (χ0) is 14.3. The van der Waals surface area contributed by atoms with E-state index in [1.165, 1.54) is 12.4 Å². The lowest BCUT2D eigenvalue weighted by atomic mass is 10.3. The third-order valence-corrected chi connectivity index (χ3v) is 3.58. The molecule has 1 rings (SSSR count). The normalized spacial score (nSPS) is 11.2. The number of amides is 1. The predicted octanol–water partition coefficient (Wildman–Crippen LogP) is -0.548. The van der Waals surface area contributed by atoms with Gasteiger partial charge in [0, 0.05) is 19.5 Å². The van der Waals surface area contributed by atoms with Gasteiger partial charge in [0.2, 0.25) is 21.9 Å². The van der Waals surface area contributed by atoms with Crippen molar-refractivity contribution in [2.75, 3.05) is 18.4 Å². The number of nitrogens with zero attached hydrogens (tertiary/aromatic N) is 2. The molecule has 19 heavy (non-hydrogen) atoms. The molecule has 0 fully saturated rings. The van der Waals surface area contributed by atoms with Crippen LogP contribution in [0.5, 0.6) is 0 Å². The maximum absolute atomic E-state index is 11.8. The fourth-order valence-corrected chi connectivity index (χ4v) is 2.22. The number of hydrogen-bond donors (Lipinski definition) is 3. The first kappa shape index (κ1) is 15.3. The molecule has 1 aromatic heterocycles. The Labute approximate surface area is 111 Å². The van der Waals surface area contributed by atoms with Gasteiger partial charge in [0.15, 0.2) is 0 Å². The highest BCUT2D eigenvalue weighted by Gasteiger charge is 2.14. The SMILES string of the molecule is CCNc1ncc(S(=O)(=O)NCCCC(N)=O)cn1. The molecule has 0 spiro atoms. The van der Waals surface area contributed by atoms with Crippen LogP contribution in [-0.2, 0) is 14.8 Å². The molecule has 1 heterocycles. The maximum atomic E-state index is 11.8. The second kappa shape index (κ2) is 7.00. The molecule has 0 aliphatic heterocycles. The van der Waals surface area contributed by atoms with Crippen molar-refractivity contribution >= 4 is 21.9 Å². The molecule has 0 saturated heterocycles. The first-order chi connectivity index (χ1) is 8.95. The van der Waals surface area contributed by atoms with Crippen LogP contribution in [0.3, 0.4) is 0 Å². The van der Waals surface area contributed by atoms with Gasteiger partial charge in [-0.2, -0.15) is 0 Å². The summed E-state index contributed by atoms with van der Waals surface area (Å²) in [6, 6.07) is 0. The Kier molecular flexibility index (Phi) is 5.64. The molecular formula is C10H17N5O3S. The topological polar surface area (TPSA) is 127 Å². The van der Waals surface area contributed by atoms with E-state index in [0.717, 1.165) is 0 Å². The lowest BCUT2D eigenvalue weighted by Gasteiger charge is -2.06. The Hall–Kier alpha value is -1.74. The molecule has 1 amide bonds. The van der Waals surface area contributed by atoms with Gasteiger partial charge in [0.25, 0.3) is 0 Å². The molecule has 0 radical (unpaired) electrons. The number of sulfonamides is 1. The van der Waals surface area contributed by atoms with Gasteiger partial charge < -0.3 is 11.1 Å². The van der Waals surface area contributed by atoms with Crippen LogP contribution in [-0.4, -0.2) is 37.4 Å². The summed E-state index contributed by atoms with van der Waals surface area (Å²) in [5, 5.41) is 2.86. The summed E-state index contributed by atoms with van der Waals surface area (Å²) in [5.74, 6) is -0.0901. The summed E-state index contributed by atoms with van der Waals surface area (Å²) in [5.41, 5.74) is 4.96. The number of aromatic nitrogens is 2. The molecule has 0 unspecified atom stereocenters. The van der Waals surface area contributed by atoms with Crippen LogP contribution in [0.25, 0.3) is 0 Å². The van der Waals surface area contributed by atoms with Crippen molar-refractivity contribution in [1.29, 1.82) is 0 Å². The minimum absolute atomic E-state index is 0.0202. The minimum Gasteiger partial charge on any atom is -0.370 e. The summed E-state index contributed by atoms with van der Waals surface area (Å²) in [7, 11) is -3.64. The standard InChI is InChI=1S/C10H17N5O3S/c1-2-12-10-13-6-8(7-14-10)19(17,18)15-5-3-4-9(11)16/h6-7,15H,2-5H2,1H3,(H2,11,16)(H,12,13,14). The molecule has 106 valence electrons. The summed E-state index contributed by atoms with van der Waals surface area (Å²) in [4.78, 5) is 18.2. The van der Waals surface area contributed by atoms with Crippen LogP contribution >= 0.6 is 0 Å². The van der Waals surface area contributed by atoms with Crippen molar-refractivity contribution in [3.8, 4) is 0 Å². The van der Waals surface area contributed by atoms with E-state index in [-0.39, 0.29) is 17.9 Å². The van der Waals surface area contributed by atoms with Crippen LogP contribution in [0.15, 0.2) is 17.3 Å². The lowest BCUT2D eigenvalue weighted by Crippen LogP contribution is -2.26. The molecule has 0 aromatic carbocycles. The summed E-state index contributed by atoms with van der Waals surface area (Å²) >= 11 is 0. The zero-order valence-corrected chi connectivity index (χ0v) is 11.4. The van der Waals surface area contributed by atoms with Crippen LogP contribution in [0, 0.1) is 0 Å². The summed E-state index contributed by atoms with van der Waals surface area (Å²) < 4.78 is 26.0. The van der Waals surface area contributed by atoms with E-state index >= 15 is 0 Å². The number of nitrogens with two attached hydrogens (primary N) is 1. The van der Waals surface area contributed by atoms with Crippen LogP contribution in [0.1, 0.15) is 19.8 Å². The van der Waals surface area contributed by atoms with Gasteiger partial charge in [0.05, 0.1) is 12.4 Å². The molecule has 0 saturated carbocycles. The van der Waals surface area contributed by atoms with Crippen molar-refractivity contribution in [2.45, 2.75) is 24.7 Å². The zero-order valence-electron chi connectivity index (χ0n) is 10.6. The number of hydrogen-bond acceptors (Lipinski definition) is 6. The van der Waals surface area contributed by atoms with Crippen molar-refractivity contribution < 1.29 is 13.2 Å². The number of anilines is 1. The van der Waals surface area contributed by atoms with E-state index in [0.29, 0.717) is 18.9 Å². The molecule has 4 N–H and O–H groups in total. The Bertz CT molecular complexity index is 514. The second-order valence-corrected chi connectivity index (χ2v) is 5.51. The van der Waals surface area contributed by atoms with Crippen molar-refractivity contribution in [2.24, 2.45) is 5.73 Å². The van der Waals surface area contributed by atoms with Gasteiger partial charge in [-0.1, -0.05) is 0 Å². The first-order valence-electron chi connectivity index (χ1n) is 5.79. The predicted molar refractivity (Wildman–Crippen MR) is 69.8 cm³/mol. The average molecular weight is 287 g/mol. The largest absolute Gasteiger partial charge is 0.370 e. The molecule has 9 heteroatoms. The molecule has 0 bridgehead atoms. The molecular weight excluding hydrogens is 270 g/mol. The van der Waals surface area contributed by atoms with Crippen molar-refractivity contribution in [1.82, 2.24) is 14.7 Å². The van der Waals surface area contributed by atoms with Gasteiger partial charge >= 0.3 is 0 Å². The van der Waals surface area contributed by atoms with Crippen molar-refractivity contribution in [3.63, 3.8) is 0 Å². The third-order valence-electron chi connectivity index (χ3n) is 2.17. The Morgan fingerprint density at radius 2 is 2.00 bits per heavy atom.